The van der Waals surface area contributed by atoms with Crippen LogP contribution in [-0.4, -0.2) is 105 Å². The number of likely N-dealkylation sites (N-methyl/N-ethyl adjacent to an activating group) is 1. The highest BCUT2D eigenvalue weighted by molar-refractivity contribution is 7.88. The van der Waals surface area contributed by atoms with E-state index in [1.807, 2.05) is 25.7 Å². The molecule has 53 heavy (non-hydrogen) atoms. The molecule has 2 saturated carbocycles. The molecule has 1 heterocycles. The summed E-state index contributed by atoms with van der Waals surface area (Å²) in [5.41, 5.74) is -0.649. The van der Waals surface area contributed by atoms with Crippen molar-refractivity contribution in [1.29, 1.82) is 0 Å². The minimum absolute atomic E-state index is 0.00936. The summed E-state index contributed by atoms with van der Waals surface area (Å²) < 4.78 is 25.1. The number of nitrogens with one attached hydrogen (secondary N) is 4. The second-order valence-corrected chi connectivity index (χ2v) is 19.0. The predicted octanol–water partition coefficient (Wildman–Crippen LogP) is 4.77. The molecule has 14 heteroatoms. The fraction of sp³-hybridized carbons (Fsp3) is 0.821. The molecular formula is C39H72N6O7S. The van der Waals surface area contributed by atoms with Gasteiger partial charge in [-0.3, -0.25) is 19.2 Å². The van der Waals surface area contributed by atoms with Crippen molar-refractivity contribution in [3.63, 3.8) is 0 Å². The third-order valence-corrected chi connectivity index (χ3v) is 12.0. The van der Waals surface area contributed by atoms with Crippen molar-refractivity contribution in [2.24, 2.45) is 22.7 Å². The number of rotatable bonds is 16. The van der Waals surface area contributed by atoms with Gasteiger partial charge in [-0.15, -0.1) is 6.58 Å². The number of hydrogen-bond acceptors (Lipinski definition) is 7. The van der Waals surface area contributed by atoms with E-state index in [2.05, 4.69) is 62.5 Å². The number of amides is 5. The Hall–Kier alpha value is -3.00. The van der Waals surface area contributed by atoms with Crippen LogP contribution in [0.25, 0.3) is 0 Å². The molecule has 4 atom stereocenters. The molecule has 3 fully saturated rings. The van der Waals surface area contributed by atoms with Crippen LogP contribution in [0.3, 0.4) is 0 Å². The number of carbonyl (C=O) groups excluding carboxylic acids is 5. The molecule has 0 spiro atoms. The minimum Gasteiger partial charge on any atom is -0.348 e. The van der Waals surface area contributed by atoms with Gasteiger partial charge in [-0.1, -0.05) is 93.1 Å². The first-order valence-electron chi connectivity index (χ1n) is 19.5. The lowest BCUT2D eigenvalue weighted by Crippen LogP contribution is -2.61. The van der Waals surface area contributed by atoms with Crippen LogP contribution in [0.2, 0.25) is 0 Å². The summed E-state index contributed by atoms with van der Waals surface area (Å²) in [6.07, 6.45) is 14.2. The molecule has 3 rings (SSSR count). The van der Waals surface area contributed by atoms with Crippen molar-refractivity contribution in [2.45, 2.75) is 150 Å². The summed E-state index contributed by atoms with van der Waals surface area (Å²) >= 11 is 0. The highest BCUT2D eigenvalue weighted by Crippen LogP contribution is 2.40. The molecule has 3 aliphatic rings. The minimum atomic E-state index is -3.37. The predicted molar refractivity (Wildman–Crippen MR) is 211 cm³/mol. The third kappa shape index (κ3) is 17.3. The van der Waals surface area contributed by atoms with Crippen LogP contribution in [0, 0.1) is 22.7 Å². The van der Waals surface area contributed by atoms with E-state index in [9.17, 15) is 32.4 Å². The number of sulfonamides is 1. The van der Waals surface area contributed by atoms with Gasteiger partial charge in [-0.25, -0.2) is 17.5 Å². The fourth-order valence-electron chi connectivity index (χ4n) is 6.30. The maximum atomic E-state index is 13.6. The molecule has 0 radical (unpaired) electrons. The van der Waals surface area contributed by atoms with Crippen molar-refractivity contribution < 1.29 is 32.4 Å². The molecule has 2 aliphatic carbocycles. The maximum Gasteiger partial charge on any atom is 0.315 e. The van der Waals surface area contributed by atoms with Gasteiger partial charge in [0.15, 0.2) is 0 Å². The van der Waals surface area contributed by atoms with Gasteiger partial charge < -0.3 is 26.2 Å². The fourth-order valence-corrected chi connectivity index (χ4v) is 6.72. The number of nitrogens with zero attached hydrogens (tertiary/aromatic N) is 2. The third-order valence-electron chi connectivity index (χ3n) is 10.7. The Morgan fingerprint density at radius 1 is 1.02 bits per heavy atom. The Morgan fingerprint density at radius 3 is 2.04 bits per heavy atom. The van der Waals surface area contributed by atoms with Crippen LogP contribution in [0.4, 0.5) is 4.79 Å². The number of ketones is 1. The number of likely N-dealkylation sites (tertiary alicyclic amines) is 1. The van der Waals surface area contributed by atoms with Crippen LogP contribution in [0.1, 0.15) is 126 Å². The maximum absolute atomic E-state index is 13.6. The number of carbonyl (C=O) groups is 5. The van der Waals surface area contributed by atoms with Crippen LogP contribution in [-0.2, 0) is 29.2 Å². The van der Waals surface area contributed by atoms with Gasteiger partial charge >= 0.3 is 6.03 Å². The van der Waals surface area contributed by atoms with E-state index in [-0.39, 0.29) is 35.9 Å². The monoisotopic (exact) mass is 769 g/mol. The molecule has 4 unspecified atom stereocenters. The zero-order valence-corrected chi connectivity index (χ0v) is 35.2. The summed E-state index contributed by atoms with van der Waals surface area (Å²) in [4.78, 5) is 62.0. The average Bonchev–Trinajstić information content (AvgIpc) is 3.80. The van der Waals surface area contributed by atoms with Gasteiger partial charge in [0.05, 0.1) is 12.3 Å². The van der Waals surface area contributed by atoms with Crippen LogP contribution >= 0.6 is 0 Å². The summed E-state index contributed by atoms with van der Waals surface area (Å²) in [7, 11) is -1.86. The summed E-state index contributed by atoms with van der Waals surface area (Å²) in [5, 5.41) is 10.8. The van der Waals surface area contributed by atoms with E-state index in [4.69, 9.17) is 0 Å². The SMILES string of the molecule is C=CCNC(=O)C(=O)C(CC1CC1)NC=O.CC1CCCN1C(=O)C(NC(=O)NC(CN(C)S(C)(=O)=O)C(C)(C)C)C1(C)CCCCC1.CCC(C)C. The van der Waals surface area contributed by atoms with E-state index >= 15 is 0 Å². The van der Waals surface area contributed by atoms with E-state index in [1.165, 1.54) is 23.8 Å². The van der Waals surface area contributed by atoms with Crippen LogP contribution < -0.4 is 21.3 Å². The quantitative estimate of drug-likeness (QED) is 0.0995. The van der Waals surface area contributed by atoms with Crippen molar-refractivity contribution in [3.05, 3.63) is 12.7 Å². The van der Waals surface area contributed by atoms with Crippen molar-refractivity contribution >= 4 is 40.1 Å². The summed E-state index contributed by atoms with van der Waals surface area (Å²) in [6, 6.07) is -1.91. The standard InChI is InChI=1S/C23H44N4O4S.C11H16N2O3.C5H12/c1-17-12-11-15-27(17)20(28)19(23(5)13-9-8-10-14-23)25-21(29)24-18(22(2,3)4)16-26(6)32(7,30)31;1-2-5-12-11(16)10(15)9(13-7-14)6-8-3-4-8;1-4-5(2)3/h17-19H,8-16H2,1-7H3,(H2,24,25,29);2,7-9H,1,3-6H2,(H,12,16)(H,13,14);5H,4H2,1-3H3. The average molecular weight is 769 g/mol. The molecule has 0 aromatic heterocycles. The Balaban J connectivity index is 0.000000553. The van der Waals surface area contributed by atoms with Gasteiger partial charge in [-0.05, 0) is 61.7 Å². The zero-order chi connectivity index (χ0) is 40.6. The Kier molecular flexibility index (Phi) is 20.3. The van der Waals surface area contributed by atoms with Gasteiger partial charge in [-0.2, -0.15) is 0 Å². The molecule has 1 saturated heterocycles. The van der Waals surface area contributed by atoms with Crippen molar-refractivity contribution in [2.75, 3.05) is 32.9 Å². The molecule has 1 aliphatic heterocycles. The zero-order valence-electron chi connectivity index (χ0n) is 34.4. The summed E-state index contributed by atoms with van der Waals surface area (Å²) in [6.45, 7) is 21.3. The van der Waals surface area contributed by atoms with Gasteiger partial charge in [0.25, 0.3) is 5.91 Å². The number of hydrogen-bond donors (Lipinski definition) is 4. The molecule has 0 bridgehead atoms. The lowest BCUT2D eigenvalue weighted by molar-refractivity contribution is -0.139. The highest BCUT2D eigenvalue weighted by Gasteiger charge is 2.44. The Morgan fingerprint density at radius 2 is 1.60 bits per heavy atom. The van der Waals surface area contributed by atoms with Crippen molar-refractivity contribution in [3.8, 4) is 0 Å². The van der Waals surface area contributed by atoms with E-state index in [1.54, 1.807) is 0 Å². The van der Waals surface area contributed by atoms with Crippen molar-refractivity contribution in [1.82, 2.24) is 30.5 Å². The number of urea groups is 1. The van der Waals surface area contributed by atoms with Gasteiger partial charge in [0.2, 0.25) is 28.1 Å². The van der Waals surface area contributed by atoms with Crippen LogP contribution in [0.5, 0.6) is 0 Å². The molecule has 0 aromatic carbocycles. The molecule has 13 nitrogen and oxygen atoms in total. The van der Waals surface area contributed by atoms with E-state index in [0.29, 0.717) is 18.7 Å². The second kappa shape index (κ2) is 22.4. The highest BCUT2D eigenvalue weighted by atomic mass is 32.2. The Labute approximate surface area is 320 Å². The van der Waals surface area contributed by atoms with Crippen LogP contribution in [0.15, 0.2) is 12.7 Å². The molecule has 306 valence electrons. The molecular weight excluding hydrogens is 697 g/mol. The second-order valence-electron chi connectivity index (χ2n) is 16.9. The number of Topliss-reactive ketones (excluding diaryl/α,β-unsaturated/α-hetero) is 1. The summed E-state index contributed by atoms with van der Waals surface area (Å²) in [5.74, 6) is 0.111. The smallest absolute Gasteiger partial charge is 0.315 e. The normalized spacial score (nSPS) is 20.0. The first kappa shape index (κ1) is 48.0. The first-order chi connectivity index (χ1) is 24.6. The first-order valence-corrected chi connectivity index (χ1v) is 21.4. The topological polar surface area (TPSA) is 174 Å². The van der Waals surface area contributed by atoms with E-state index < -0.39 is 45.9 Å². The Bertz CT molecular complexity index is 1310. The molecule has 4 N–H and O–H groups in total. The lowest BCUT2D eigenvalue weighted by atomic mass is 9.70. The van der Waals surface area contributed by atoms with E-state index in [0.717, 1.165) is 76.5 Å². The van der Waals surface area contributed by atoms with Gasteiger partial charge in [0.1, 0.15) is 6.04 Å². The molecule has 5 amide bonds. The van der Waals surface area contributed by atoms with Gasteiger partial charge in [0, 0.05) is 38.8 Å². The lowest BCUT2D eigenvalue weighted by Gasteiger charge is -2.42. The molecule has 0 aromatic rings. The largest absolute Gasteiger partial charge is 0.348 e.